The Hall–Kier alpha value is -3.14. The molecule has 0 radical (unpaired) electrons. The normalized spacial score (nSPS) is 23.7. The summed E-state index contributed by atoms with van der Waals surface area (Å²) in [6, 6.07) is 20.1. The number of allylic oxidation sites excluding steroid dienone is 3. The van der Waals surface area contributed by atoms with Crippen molar-refractivity contribution in [2.75, 3.05) is 0 Å². The van der Waals surface area contributed by atoms with Gasteiger partial charge in [0, 0.05) is 29.3 Å². The lowest BCUT2D eigenvalue weighted by molar-refractivity contribution is -0.144. The van der Waals surface area contributed by atoms with Gasteiger partial charge >= 0.3 is 5.97 Å². The van der Waals surface area contributed by atoms with Gasteiger partial charge in [-0.3, -0.25) is 4.79 Å². The molecule has 0 aromatic heterocycles. The number of rotatable bonds is 4. The van der Waals surface area contributed by atoms with Crippen molar-refractivity contribution in [3.63, 3.8) is 0 Å². The standard InChI is InChI=1S/C28H29NO3/c1-18-25(28(31)32-22-14-8-9-15-22)26(20-12-6-3-7-13-20)27-23(29-18)16-21(17-24(27)30)19-10-4-2-5-11-19/h2-7,10-13,21-22,26,29H,8-9,14-17H2,1H3/t21-,26+/m0/s1. The second-order valence-corrected chi connectivity index (χ2v) is 9.15. The minimum atomic E-state index is -0.384. The number of ether oxygens (including phenoxy) is 1. The van der Waals surface area contributed by atoms with Crippen LogP contribution in [0.2, 0.25) is 0 Å². The van der Waals surface area contributed by atoms with Gasteiger partial charge in [-0.2, -0.15) is 0 Å². The Kier molecular flexibility index (Phi) is 5.69. The van der Waals surface area contributed by atoms with Crippen LogP contribution in [-0.2, 0) is 14.3 Å². The molecule has 2 aromatic carbocycles. The molecule has 3 aliphatic rings. The highest BCUT2D eigenvalue weighted by atomic mass is 16.5. The van der Waals surface area contributed by atoms with Crippen LogP contribution in [0.1, 0.15) is 68.4 Å². The molecule has 2 aromatic rings. The molecular formula is C28H29NO3. The molecule has 164 valence electrons. The highest BCUT2D eigenvalue weighted by Gasteiger charge is 2.41. The molecule has 0 amide bonds. The maximum Gasteiger partial charge on any atom is 0.337 e. The Morgan fingerprint density at radius 2 is 1.53 bits per heavy atom. The van der Waals surface area contributed by atoms with E-state index in [9.17, 15) is 9.59 Å². The van der Waals surface area contributed by atoms with Gasteiger partial charge in [0.2, 0.25) is 0 Å². The van der Waals surface area contributed by atoms with Gasteiger partial charge in [-0.05, 0) is 56.1 Å². The molecule has 1 saturated carbocycles. The molecule has 0 bridgehead atoms. The van der Waals surface area contributed by atoms with Crippen LogP contribution in [0.15, 0.2) is 83.2 Å². The highest BCUT2D eigenvalue weighted by molar-refractivity contribution is 6.04. The first-order valence-electron chi connectivity index (χ1n) is 11.7. The van der Waals surface area contributed by atoms with E-state index in [4.69, 9.17) is 4.74 Å². The van der Waals surface area contributed by atoms with Crippen LogP contribution >= 0.6 is 0 Å². The van der Waals surface area contributed by atoms with E-state index in [2.05, 4.69) is 17.4 Å². The number of carbonyl (C=O) groups is 2. The summed E-state index contributed by atoms with van der Waals surface area (Å²) in [4.78, 5) is 26.9. The summed E-state index contributed by atoms with van der Waals surface area (Å²) in [5.74, 6) is -0.419. The maximum absolute atomic E-state index is 13.5. The van der Waals surface area contributed by atoms with Crippen molar-refractivity contribution in [1.29, 1.82) is 0 Å². The number of hydrogen-bond acceptors (Lipinski definition) is 4. The fraction of sp³-hybridized carbons (Fsp3) is 0.357. The third-order valence-electron chi connectivity index (χ3n) is 7.03. The molecule has 1 fully saturated rings. The van der Waals surface area contributed by atoms with E-state index in [-0.39, 0.29) is 29.7 Å². The largest absolute Gasteiger partial charge is 0.459 e. The van der Waals surface area contributed by atoms with E-state index in [1.807, 2.05) is 55.5 Å². The molecular weight excluding hydrogens is 398 g/mol. The Balaban J connectivity index is 1.53. The van der Waals surface area contributed by atoms with E-state index in [0.717, 1.165) is 54.6 Å². The number of dihydropyridines is 1. The average Bonchev–Trinajstić information content (AvgIpc) is 3.32. The Labute approximate surface area is 189 Å². The van der Waals surface area contributed by atoms with Crippen LogP contribution in [-0.4, -0.2) is 17.9 Å². The number of ketones is 1. The van der Waals surface area contributed by atoms with Crippen LogP contribution in [0.25, 0.3) is 0 Å². The Bertz CT molecular complexity index is 1080. The van der Waals surface area contributed by atoms with Crippen LogP contribution in [0, 0.1) is 0 Å². The molecule has 1 heterocycles. The second-order valence-electron chi connectivity index (χ2n) is 9.15. The predicted octanol–water partition coefficient (Wildman–Crippen LogP) is 5.53. The SMILES string of the molecule is CC1=C(C(=O)OC2CCCC2)[C@@H](c2ccccc2)C2=C(C[C@H](c3ccccc3)CC2=O)N1. The number of nitrogens with one attached hydrogen (secondary N) is 1. The summed E-state index contributed by atoms with van der Waals surface area (Å²) in [5, 5.41) is 3.44. The minimum Gasteiger partial charge on any atom is -0.459 e. The van der Waals surface area contributed by atoms with Crippen molar-refractivity contribution in [2.45, 2.75) is 63.4 Å². The van der Waals surface area contributed by atoms with Gasteiger partial charge in [0.15, 0.2) is 5.78 Å². The van der Waals surface area contributed by atoms with Crippen LogP contribution in [0.5, 0.6) is 0 Å². The van der Waals surface area contributed by atoms with E-state index in [1.54, 1.807) is 0 Å². The first kappa shape index (κ1) is 20.7. The van der Waals surface area contributed by atoms with Gasteiger partial charge in [0.25, 0.3) is 0 Å². The molecule has 0 spiro atoms. The van der Waals surface area contributed by atoms with Crippen LogP contribution < -0.4 is 5.32 Å². The molecule has 2 atom stereocenters. The smallest absolute Gasteiger partial charge is 0.337 e. The maximum atomic E-state index is 13.5. The van der Waals surface area contributed by atoms with Crippen molar-refractivity contribution in [2.24, 2.45) is 0 Å². The molecule has 32 heavy (non-hydrogen) atoms. The number of carbonyl (C=O) groups excluding carboxylic acids is 2. The van der Waals surface area contributed by atoms with Gasteiger partial charge in [0.1, 0.15) is 6.10 Å². The monoisotopic (exact) mass is 427 g/mol. The quantitative estimate of drug-likeness (QED) is 0.652. The highest BCUT2D eigenvalue weighted by Crippen LogP contribution is 2.45. The van der Waals surface area contributed by atoms with Gasteiger partial charge in [0.05, 0.1) is 5.57 Å². The second kappa shape index (κ2) is 8.78. The fourth-order valence-corrected chi connectivity index (χ4v) is 5.47. The number of benzene rings is 2. The average molecular weight is 428 g/mol. The Morgan fingerprint density at radius 1 is 0.906 bits per heavy atom. The van der Waals surface area contributed by atoms with Crippen LogP contribution in [0.3, 0.4) is 0 Å². The van der Waals surface area contributed by atoms with Gasteiger partial charge in [-0.25, -0.2) is 4.79 Å². The summed E-state index contributed by atoms with van der Waals surface area (Å²) < 4.78 is 5.91. The third-order valence-corrected chi connectivity index (χ3v) is 7.03. The van der Waals surface area contributed by atoms with Gasteiger partial charge < -0.3 is 10.1 Å². The topological polar surface area (TPSA) is 55.4 Å². The molecule has 0 saturated heterocycles. The predicted molar refractivity (Wildman–Crippen MR) is 124 cm³/mol. The number of Topliss-reactive ketones (excluding diaryl/α,β-unsaturated/α-hetero) is 1. The van der Waals surface area contributed by atoms with Crippen molar-refractivity contribution in [3.05, 3.63) is 94.3 Å². The molecule has 4 nitrogen and oxygen atoms in total. The third kappa shape index (κ3) is 3.90. The fourth-order valence-electron chi connectivity index (χ4n) is 5.47. The number of esters is 1. The molecule has 1 aliphatic heterocycles. The van der Waals surface area contributed by atoms with Crippen molar-refractivity contribution in [1.82, 2.24) is 5.32 Å². The zero-order chi connectivity index (χ0) is 22.1. The first-order valence-corrected chi connectivity index (χ1v) is 11.7. The van der Waals surface area contributed by atoms with Crippen LogP contribution in [0.4, 0.5) is 0 Å². The molecule has 5 rings (SSSR count). The Morgan fingerprint density at radius 3 is 2.19 bits per heavy atom. The van der Waals surface area contributed by atoms with E-state index in [0.29, 0.717) is 12.0 Å². The molecule has 0 unspecified atom stereocenters. The molecule has 1 N–H and O–H groups in total. The van der Waals surface area contributed by atoms with E-state index in [1.165, 1.54) is 5.56 Å². The zero-order valence-electron chi connectivity index (χ0n) is 18.5. The summed E-state index contributed by atoms with van der Waals surface area (Å²) >= 11 is 0. The molecule has 4 heteroatoms. The first-order chi connectivity index (χ1) is 15.6. The number of hydrogen-bond donors (Lipinski definition) is 1. The van der Waals surface area contributed by atoms with E-state index < -0.39 is 0 Å². The summed E-state index contributed by atoms with van der Waals surface area (Å²) in [7, 11) is 0. The lowest BCUT2D eigenvalue weighted by Crippen LogP contribution is -2.36. The van der Waals surface area contributed by atoms with Crippen molar-refractivity contribution < 1.29 is 14.3 Å². The van der Waals surface area contributed by atoms with Gasteiger partial charge in [-0.1, -0.05) is 60.7 Å². The zero-order valence-corrected chi connectivity index (χ0v) is 18.5. The lowest BCUT2D eigenvalue weighted by Gasteiger charge is -2.37. The minimum absolute atomic E-state index is 0.0147. The van der Waals surface area contributed by atoms with Crippen molar-refractivity contribution in [3.8, 4) is 0 Å². The summed E-state index contributed by atoms with van der Waals surface area (Å²) in [6.45, 7) is 1.93. The summed E-state index contributed by atoms with van der Waals surface area (Å²) in [6.07, 6.45) is 5.25. The summed E-state index contributed by atoms with van der Waals surface area (Å²) in [5.41, 5.74) is 5.19. The van der Waals surface area contributed by atoms with Gasteiger partial charge in [-0.15, -0.1) is 0 Å². The molecule has 2 aliphatic carbocycles. The lowest BCUT2D eigenvalue weighted by atomic mass is 9.72. The van der Waals surface area contributed by atoms with E-state index >= 15 is 0 Å². The van der Waals surface area contributed by atoms with Crippen molar-refractivity contribution >= 4 is 11.8 Å².